The maximum Gasteiger partial charge on any atom is 0.111 e. The molecule has 3 N–H and O–H groups in total. The van der Waals surface area contributed by atoms with E-state index in [2.05, 4.69) is 50.7 Å². The predicted octanol–water partition coefficient (Wildman–Crippen LogP) is 3.64. The molecule has 3 saturated carbocycles. The highest BCUT2D eigenvalue weighted by atomic mass is 16.3. The zero-order chi connectivity index (χ0) is 17.1. The van der Waals surface area contributed by atoms with Gasteiger partial charge in [0, 0.05) is 12.1 Å². The lowest BCUT2D eigenvalue weighted by molar-refractivity contribution is -0.0774. The molecule has 3 fully saturated rings. The minimum Gasteiger partial charge on any atom is -0.508 e. The molecule has 0 aromatic heterocycles. The summed E-state index contributed by atoms with van der Waals surface area (Å²) >= 11 is 0. The number of aliphatic hydroxyl groups is 1. The maximum absolute atomic E-state index is 10.0. The van der Waals surface area contributed by atoms with Crippen LogP contribution < -0.4 is 10.6 Å². The summed E-state index contributed by atoms with van der Waals surface area (Å²) in [5.74, 6) is 3.22. The van der Waals surface area contributed by atoms with Gasteiger partial charge in [0.2, 0.25) is 0 Å². The molecule has 0 amide bonds. The third-order valence-corrected chi connectivity index (χ3v) is 8.61. The van der Waals surface area contributed by atoms with Gasteiger partial charge in [-0.25, -0.2) is 0 Å². The lowest BCUT2D eigenvalue weighted by atomic mass is 9.45. The molecule has 1 unspecified atom stereocenters. The fourth-order valence-electron chi connectivity index (χ4n) is 7.25. The molecule has 0 saturated heterocycles. The van der Waals surface area contributed by atoms with Crippen molar-refractivity contribution < 1.29 is 5.11 Å². The zero-order valence-corrected chi connectivity index (χ0v) is 15.7. The molecule has 24 heavy (non-hydrogen) atoms. The summed E-state index contributed by atoms with van der Waals surface area (Å²) in [7, 11) is 4.29. The summed E-state index contributed by atoms with van der Waals surface area (Å²) in [6.45, 7) is 5.00. The molecule has 4 aliphatic rings. The van der Waals surface area contributed by atoms with Crippen molar-refractivity contribution in [3.8, 4) is 0 Å². The number of hydrogen-bond acceptors (Lipinski definition) is 3. The number of allylic oxidation sites excluding steroid dienone is 3. The summed E-state index contributed by atoms with van der Waals surface area (Å²) in [6.07, 6.45) is 12.9. The summed E-state index contributed by atoms with van der Waals surface area (Å²) < 4.78 is 0. The normalized spacial score (nSPS) is 53.1. The van der Waals surface area contributed by atoms with Crippen LogP contribution in [0.2, 0.25) is 0 Å². The van der Waals surface area contributed by atoms with Gasteiger partial charge < -0.3 is 15.7 Å². The van der Waals surface area contributed by atoms with E-state index < -0.39 is 0 Å². The van der Waals surface area contributed by atoms with Crippen LogP contribution in [0.1, 0.15) is 46.0 Å². The third-order valence-electron chi connectivity index (χ3n) is 8.61. The summed E-state index contributed by atoms with van der Waals surface area (Å²) in [5, 5.41) is 17.3. The number of aliphatic hydroxyl groups excluding tert-OH is 1. The van der Waals surface area contributed by atoms with Crippen molar-refractivity contribution in [2.24, 2.45) is 34.5 Å². The van der Waals surface area contributed by atoms with Crippen LogP contribution in [0.3, 0.4) is 0 Å². The van der Waals surface area contributed by atoms with Gasteiger partial charge in [0.25, 0.3) is 0 Å². The smallest absolute Gasteiger partial charge is 0.111 e. The summed E-state index contributed by atoms with van der Waals surface area (Å²) in [6, 6.07) is 1.25. The van der Waals surface area contributed by atoms with E-state index in [-0.39, 0.29) is 5.41 Å². The standard InChI is InChI=1S/C21H34N2O/c1-20-9-7-14(24)11-13(20)12-17(22-3)19-15-5-6-18(23-4)21(15,2)10-8-16(19)20/h7,9,11,13,15-19,22-24H,5-6,8,10,12H2,1-4H3/t13?,15-,16-,17-,18-,19-,20-,21-/m0/s1. The first kappa shape index (κ1) is 16.7. The van der Waals surface area contributed by atoms with Gasteiger partial charge in [0.05, 0.1) is 0 Å². The van der Waals surface area contributed by atoms with E-state index in [0.717, 1.165) is 24.2 Å². The number of rotatable bonds is 2. The van der Waals surface area contributed by atoms with Gasteiger partial charge in [-0.3, -0.25) is 0 Å². The Bertz CT molecular complexity index is 570. The minimum atomic E-state index is 0.212. The SMILES string of the molecule is CN[C@H]1CC2C=C(O)C=C[C@]2(C)[C@H]2CC[C@]3(C)[C@@H](NC)CC[C@H]3[C@H]12. The van der Waals surface area contributed by atoms with Crippen molar-refractivity contribution in [2.75, 3.05) is 14.1 Å². The molecule has 0 radical (unpaired) electrons. The molecule has 4 rings (SSSR count). The van der Waals surface area contributed by atoms with E-state index in [1.807, 2.05) is 6.08 Å². The van der Waals surface area contributed by atoms with Gasteiger partial charge in [-0.2, -0.15) is 0 Å². The third kappa shape index (κ3) is 2.10. The van der Waals surface area contributed by atoms with Gasteiger partial charge in [-0.05, 0) is 92.9 Å². The Balaban J connectivity index is 1.72. The van der Waals surface area contributed by atoms with Gasteiger partial charge in [0.15, 0.2) is 0 Å². The molecule has 0 bridgehead atoms. The van der Waals surface area contributed by atoms with Crippen LogP contribution in [-0.2, 0) is 0 Å². The summed E-state index contributed by atoms with van der Waals surface area (Å²) in [4.78, 5) is 0. The largest absolute Gasteiger partial charge is 0.508 e. The van der Waals surface area contributed by atoms with E-state index in [1.165, 1.54) is 25.7 Å². The van der Waals surface area contributed by atoms with Gasteiger partial charge in [-0.15, -0.1) is 0 Å². The first-order valence-electron chi connectivity index (χ1n) is 9.88. The van der Waals surface area contributed by atoms with E-state index in [1.54, 1.807) is 0 Å². The van der Waals surface area contributed by atoms with Crippen molar-refractivity contribution in [3.63, 3.8) is 0 Å². The lowest BCUT2D eigenvalue weighted by Crippen LogP contribution is -2.60. The molecular weight excluding hydrogens is 296 g/mol. The van der Waals surface area contributed by atoms with Crippen molar-refractivity contribution in [3.05, 3.63) is 24.0 Å². The highest BCUT2D eigenvalue weighted by Crippen LogP contribution is 2.64. The van der Waals surface area contributed by atoms with Crippen molar-refractivity contribution >= 4 is 0 Å². The van der Waals surface area contributed by atoms with Crippen LogP contribution >= 0.6 is 0 Å². The molecule has 3 heteroatoms. The molecule has 3 nitrogen and oxygen atoms in total. The molecule has 0 aromatic carbocycles. The average molecular weight is 331 g/mol. The Labute approximate surface area is 147 Å². The lowest BCUT2D eigenvalue weighted by Gasteiger charge is -2.60. The highest BCUT2D eigenvalue weighted by Gasteiger charge is 2.61. The molecule has 4 aliphatic carbocycles. The Morgan fingerprint density at radius 3 is 2.58 bits per heavy atom. The van der Waals surface area contributed by atoms with E-state index in [9.17, 15) is 5.11 Å². The maximum atomic E-state index is 10.0. The second-order valence-electron chi connectivity index (χ2n) is 9.28. The second-order valence-corrected chi connectivity index (χ2v) is 9.28. The predicted molar refractivity (Wildman–Crippen MR) is 98.8 cm³/mol. The fraction of sp³-hybridized carbons (Fsp3) is 0.810. The summed E-state index contributed by atoms with van der Waals surface area (Å²) in [5.41, 5.74) is 0.661. The second kappa shape index (κ2) is 5.60. The Morgan fingerprint density at radius 1 is 1.08 bits per heavy atom. The Hall–Kier alpha value is -0.800. The molecule has 0 spiro atoms. The Kier molecular flexibility index (Phi) is 3.89. The Morgan fingerprint density at radius 2 is 1.88 bits per heavy atom. The molecule has 0 aromatic rings. The molecule has 0 aliphatic heterocycles. The van der Waals surface area contributed by atoms with Crippen LogP contribution in [-0.4, -0.2) is 31.3 Å². The fourth-order valence-corrected chi connectivity index (χ4v) is 7.25. The van der Waals surface area contributed by atoms with E-state index in [0.29, 0.717) is 29.2 Å². The van der Waals surface area contributed by atoms with Gasteiger partial charge in [0.1, 0.15) is 5.76 Å². The monoisotopic (exact) mass is 330 g/mol. The first-order chi connectivity index (χ1) is 11.4. The van der Waals surface area contributed by atoms with Crippen molar-refractivity contribution in [1.82, 2.24) is 10.6 Å². The van der Waals surface area contributed by atoms with Crippen LogP contribution in [0.25, 0.3) is 0 Å². The van der Waals surface area contributed by atoms with Crippen LogP contribution in [0.15, 0.2) is 24.0 Å². The molecule has 0 heterocycles. The van der Waals surface area contributed by atoms with Gasteiger partial charge >= 0.3 is 0 Å². The van der Waals surface area contributed by atoms with Crippen molar-refractivity contribution in [2.45, 2.75) is 58.0 Å². The van der Waals surface area contributed by atoms with E-state index >= 15 is 0 Å². The quantitative estimate of drug-likeness (QED) is 0.724. The zero-order valence-electron chi connectivity index (χ0n) is 15.7. The van der Waals surface area contributed by atoms with E-state index in [4.69, 9.17) is 0 Å². The number of fused-ring (bicyclic) bond motifs is 5. The van der Waals surface area contributed by atoms with Crippen LogP contribution in [0, 0.1) is 34.5 Å². The number of hydrogen-bond donors (Lipinski definition) is 3. The van der Waals surface area contributed by atoms with Gasteiger partial charge in [-0.1, -0.05) is 19.9 Å². The highest BCUT2D eigenvalue weighted by molar-refractivity contribution is 5.28. The van der Waals surface area contributed by atoms with Crippen LogP contribution in [0.4, 0.5) is 0 Å². The first-order valence-corrected chi connectivity index (χ1v) is 9.88. The minimum absolute atomic E-state index is 0.212. The topological polar surface area (TPSA) is 44.3 Å². The molecular formula is C21H34N2O. The van der Waals surface area contributed by atoms with Crippen molar-refractivity contribution in [1.29, 1.82) is 0 Å². The molecule has 8 atom stereocenters. The average Bonchev–Trinajstić information content (AvgIpc) is 2.91. The number of nitrogens with one attached hydrogen (secondary N) is 2. The molecule has 134 valence electrons. The van der Waals surface area contributed by atoms with Crippen LogP contribution in [0.5, 0.6) is 0 Å².